The second kappa shape index (κ2) is 11.4. The zero-order chi connectivity index (χ0) is 29.4. The molecule has 2 aliphatic carbocycles. The number of carbonyl (C=O) groups is 2. The van der Waals surface area contributed by atoms with Crippen LogP contribution >= 0.6 is 0 Å². The van der Waals surface area contributed by atoms with Crippen molar-refractivity contribution in [2.75, 3.05) is 4.90 Å². The molecule has 0 fully saturated rings. The van der Waals surface area contributed by atoms with E-state index in [0.29, 0.717) is 30.5 Å². The summed E-state index contributed by atoms with van der Waals surface area (Å²) in [4.78, 5) is 31.9. The van der Waals surface area contributed by atoms with Crippen LogP contribution in [0.3, 0.4) is 0 Å². The lowest BCUT2D eigenvalue weighted by Gasteiger charge is -2.37. The Bertz CT molecular complexity index is 1470. The molecule has 6 nitrogen and oxygen atoms in total. The summed E-state index contributed by atoms with van der Waals surface area (Å²) < 4.78 is 0. The number of hydrogen-bond donors (Lipinski definition) is 2. The Kier molecular flexibility index (Phi) is 7.94. The van der Waals surface area contributed by atoms with Gasteiger partial charge in [0.2, 0.25) is 5.91 Å². The first kappa shape index (κ1) is 28.5. The zero-order valence-corrected chi connectivity index (χ0v) is 24.9. The number of nitrogens with zero attached hydrogens (tertiary/aromatic N) is 2. The number of carbonyl (C=O) groups excluding carboxylic acids is 2. The van der Waals surface area contributed by atoms with E-state index < -0.39 is 6.04 Å². The van der Waals surface area contributed by atoms with Crippen LogP contribution in [-0.2, 0) is 9.59 Å². The number of aromatic hydroxyl groups is 1. The molecule has 214 valence electrons. The zero-order valence-electron chi connectivity index (χ0n) is 24.9. The van der Waals surface area contributed by atoms with Gasteiger partial charge in [-0.2, -0.15) is 0 Å². The SMILES string of the molecule is CC(=O)N1C2=C(C=CCC=C2)NC2=C(C(=O)CC(c3ccc(O)cc3)C2)C1c1ccc(N(C(C)C)C(C)C)cc1C. The second-order valence-electron chi connectivity index (χ2n) is 11.9. The molecule has 0 bridgehead atoms. The molecule has 1 amide bonds. The molecule has 2 N–H and O–H groups in total. The van der Waals surface area contributed by atoms with Gasteiger partial charge in [0.25, 0.3) is 0 Å². The normalized spacial score (nSPS) is 20.6. The van der Waals surface area contributed by atoms with Crippen molar-refractivity contribution in [2.24, 2.45) is 0 Å². The van der Waals surface area contributed by atoms with Crippen LogP contribution in [-0.4, -0.2) is 33.8 Å². The van der Waals surface area contributed by atoms with Crippen molar-refractivity contribution in [3.8, 4) is 5.75 Å². The molecule has 1 aliphatic heterocycles. The quantitative estimate of drug-likeness (QED) is 0.421. The molecule has 6 heteroatoms. The maximum absolute atomic E-state index is 14.2. The number of phenols is 1. The van der Waals surface area contributed by atoms with Gasteiger partial charge in [0.05, 0.1) is 17.4 Å². The number of allylic oxidation sites excluding steroid dienone is 5. The van der Waals surface area contributed by atoms with Gasteiger partial charge in [-0.25, -0.2) is 0 Å². The molecule has 0 spiro atoms. The molecule has 0 radical (unpaired) electrons. The predicted molar refractivity (Wildman–Crippen MR) is 164 cm³/mol. The molecule has 2 aromatic rings. The number of hydrogen-bond acceptors (Lipinski definition) is 5. The van der Waals surface area contributed by atoms with Gasteiger partial charge >= 0.3 is 0 Å². The maximum Gasteiger partial charge on any atom is 0.224 e. The first-order valence-electron chi connectivity index (χ1n) is 14.6. The van der Waals surface area contributed by atoms with Crippen molar-refractivity contribution < 1.29 is 14.7 Å². The van der Waals surface area contributed by atoms with Crippen molar-refractivity contribution in [1.82, 2.24) is 10.2 Å². The lowest BCUT2D eigenvalue weighted by molar-refractivity contribution is -0.128. The number of aryl methyl sites for hydroxylation is 1. The number of ketones is 1. The second-order valence-corrected chi connectivity index (χ2v) is 11.9. The van der Waals surface area contributed by atoms with Crippen molar-refractivity contribution in [1.29, 1.82) is 0 Å². The van der Waals surface area contributed by atoms with E-state index in [2.05, 4.69) is 75.2 Å². The molecular formula is C35H41N3O3. The Balaban J connectivity index is 1.69. The number of anilines is 1. The minimum Gasteiger partial charge on any atom is -0.508 e. The van der Waals surface area contributed by atoms with Crippen molar-refractivity contribution >= 4 is 17.4 Å². The Morgan fingerprint density at radius 1 is 1.00 bits per heavy atom. The van der Waals surface area contributed by atoms with Gasteiger partial charge in [-0.15, -0.1) is 0 Å². The first-order chi connectivity index (χ1) is 19.6. The summed E-state index contributed by atoms with van der Waals surface area (Å²) >= 11 is 0. The average Bonchev–Trinajstić information content (AvgIpc) is 3.20. The molecule has 3 aliphatic rings. The topological polar surface area (TPSA) is 72.9 Å². The highest BCUT2D eigenvalue weighted by Crippen LogP contribution is 2.46. The molecule has 0 aromatic heterocycles. The molecule has 2 atom stereocenters. The number of nitrogens with one attached hydrogen (secondary N) is 1. The highest BCUT2D eigenvalue weighted by atomic mass is 16.3. The van der Waals surface area contributed by atoms with Crippen LogP contribution in [0.4, 0.5) is 5.69 Å². The minimum absolute atomic E-state index is 0.0256. The van der Waals surface area contributed by atoms with E-state index in [0.717, 1.165) is 45.9 Å². The Hall–Kier alpha value is -4.06. The fraction of sp³-hybridized carbons (Fsp3) is 0.371. The molecule has 0 saturated carbocycles. The largest absolute Gasteiger partial charge is 0.508 e. The Labute approximate surface area is 243 Å². The average molecular weight is 552 g/mol. The number of amides is 1. The summed E-state index contributed by atoms with van der Waals surface area (Å²) in [6, 6.07) is 13.7. The molecular weight excluding hydrogens is 510 g/mol. The highest BCUT2D eigenvalue weighted by molar-refractivity contribution is 6.00. The smallest absolute Gasteiger partial charge is 0.224 e. The lowest BCUT2D eigenvalue weighted by atomic mass is 9.77. The summed E-state index contributed by atoms with van der Waals surface area (Å²) in [5.41, 5.74) is 7.26. The summed E-state index contributed by atoms with van der Waals surface area (Å²) in [5.74, 6) is 0.106. The van der Waals surface area contributed by atoms with E-state index in [4.69, 9.17) is 0 Å². The molecule has 1 heterocycles. The van der Waals surface area contributed by atoms with E-state index in [1.165, 1.54) is 0 Å². The van der Waals surface area contributed by atoms with Gasteiger partial charge < -0.3 is 15.3 Å². The molecule has 0 saturated heterocycles. The summed E-state index contributed by atoms with van der Waals surface area (Å²) in [6.45, 7) is 12.4. The molecule has 5 rings (SSSR count). The van der Waals surface area contributed by atoms with Crippen LogP contribution in [0.5, 0.6) is 5.75 Å². The molecule has 2 aromatic carbocycles. The van der Waals surface area contributed by atoms with E-state index in [9.17, 15) is 14.7 Å². The number of rotatable bonds is 5. The standard InChI is InChI=1S/C35H41N3O3/c1-21(2)37(22(3)4)27-14-17-29(23(5)18-27)35-34-31(19-26(20-33(34)41)25-12-15-28(40)16-13-25)36-30-10-8-7-9-11-32(30)38(35)24(6)39/h8-18,21-22,26,35-36,40H,7,19-20H2,1-6H3. The van der Waals surface area contributed by atoms with Gasteiger partial charge in [-0.3, -0.25) is 14.5 Å². The van der Waals surface area contributed by atoms with E-state index in [-0.39, 0.29) is 23.4 Å². The lowest BCUT2D eigenvalue weighted by Crippen LogP contribution is -2.38. The van der Waals surface area contributed by atoms with Crippen LogP contribution in [0, 0.1) is 6.92 Å². The Morgan fingerprint density at radius 2 is 1.68 bits per heavy atom. The third-order valence-electron chi connectivity index (χ3n) is 8.36. The van der Waals surface area contributed by atoms with Gasteiger partial charge in [0, 0.05) is 42.4 Å². The van der Waals surface area contributed by atoms with Crippen LogP contribution in [0.25, 0.3) is 0 Å². The third kappa shape index (κ3) is 5.48. The predicted octanol–water partition coefficient (Wildman–Crippen LogP) is 6.95. The van der Waals surface area contributed by atoms with Crippen LogP contribution in [0.1, 0.15) is 82.5 Å². The van der Waals surface area contributed by atoms with Gasteiger partial charge in [-0.1, -0.05) is 30.4 Å². The van der Waals surface area contributed by atoms with Crippen LogP contribution in [0.15, 0.2) is 89.4 Å². The summed E-state index contributed by atoms with van der Waals surface area (Å²) in [6.07, 6.45) is 9.88. The fourth-order valence-corrected chi connectivity index (χ4v) is 6.68. The third-order valence-corrected chi connectivity index (χ3v) is 8.36. The monoisotopic (exact) mass is 551 g/mol. The Morgan fingerprint density at radius 3 is 2.32 bits per heavy atom. The van der Waals surface area contributed by atoms with Crippen molar-refractivity contribution in [2.45, 2.75) is 84.8 Å². The van der Waals surface area contributed by atoms with Crippen molar-refractivity contribution in [3.05, 3.63) is 106 Å². The van der Waals surface area contributed by atoms with E-state index in [1.54, 1.807) is 24.0 Å². The number of benzene rings is 2. The maximum atomic E-state index is 14.2. The summed E-state index contributed by atoms with van der Waals surface area (Å²) in [5, 5.41) is 13.4. The number of phenolic OH excluding ortho intramolecular Hbond substituents is 1. The first-order valence-corrected chi connectivity index (χ1v) is 14.6. The van der Waals surface area contributed by atoms with E-state index >= 15 is 0 Å². The van der Waals surface area contributed by atoms with E-state index in [1.807, 2.05) is 24.3 Å². The van der Waals surface area contributed by atoms with Crippen LogP contribution < -0.4 is 10.2 Å². The highest BCUT2D eigenvalue weighted by Gasteiger charge is 2.41. The van der Waals surface area contributed by atoms with Gasteiger partial charge in [0.15, 0.2) is 5.78 Å². The van der Waals surface area contributed by atoms with Crippen LogP contribution in [0.2, 0.25) is 0 Å². The minimum atomic E-state index is -0.549. The molecule has 2 unspecified atom stereocenters. The molecule has 41 heavy (non-hydrogen) atoms. The number of Topliss-reactive ketones (excluding diaryl/α,β-unsaturated/α-hetero) is 1. The fourth-order valence-electron chi connectivity index (χ4n) is 6.68. The van der Waals surface area contributed by atoms with Crippen molar-refractivity contribution in [3.63, 3.8) is 0 Å². The summed E-state index contributed by atoms with van der Waals surface area (Å²) in [7, 11) is 0. The van der Waals surface area contributed by atoms with Gasteiger partial charge in [-0.05, 0) is 106 Å². The van der Waals surface area contributed by atoms with Gasteiger partial charge in [0.1, 0.15) is 5.75 Å².